The molecule has 8 nitrogen and oxygen atoms in total. The van der Waals surface area contributed by atoms with E-state index in [2.05, 4.69) is 30.3 Å². The summed E-state index contributed by atoms with van der Waals surface area (Å²) in [6.45, 7) is 15.5. The van der Waals surface area contributed by atoms with Crippen molar-refractivity contribution in [2.24, 2.45) is 5.92 Å². The number of hydrogen-bond acceptors (Lipinski definition) is 5. The number of rotatable bonds is 6. The maximum atomic E-state index is 12.8. The van der Waals surface area contributed by atoms with Crippen molar-refractivity contribution >= 4 is 25.8 Å². The Morgan fingerprint density at radius 1 is 1.24 bits per heavy atom. The maximum Gasteiger partial charge on any atom is 0.408 e. The summed E-state index contributed by atoms with van der Waals surface area (Å²) in [4.78, 5) is 30.5. The molecule has 37 heavy (non-hydrogen) atoms. The lowest BCUT2D eigenvalue weighted by Crippen LogP contribution is -2.36. The Bertz CT molecular complexity index is 1110. The molecule has 2 amide bonds. The number of aromatic nitrogens is 2. The number of anilines is 1. The molecule has 2 unspecified atom stereocenters. The number of amides is 2. The molecule has 3 rings (SSSR count). The number of hydrogen-bond donors (Lipinski definition) is 2. The van der Waals surface area contributed by atoms with Crippen molar-refractivity contribution in [3.8, 4) is 11.3 Å². The number of carbonyl (C=O) groups is 2. The van der Waals surface area contributed by atoms with Crippen LogP contribution in [0.3, 0.4) is 0 Å². The highest BCUT2D eigenvalue weighted by atomic mass is 28.3. The van der Waals surface area contributed by atoms with Gasteiger partial charge in [-0.05, 0) is 45.2 Å². The Labute approximate surface area is 221 Å². The molecule has 2 aromatic rings. The monoisotopic (exact) mass is 526 g/mol. The van der Waals surface area contributed by atoms with Gasteiger partial charge < -0.3 is 24.7 Å². The van der Waals surface area contributed by atoms with E-state index in [1.54, 1.807) is 0 Å². The number of imidazole rings is 1. The van der Waals surface area contributed by atoms with Crippen LogP contribution in [0.4, 0.5) is 10.5 Å². The van der Waals surface area contributed by atoms with Gasteiger partial charge in [0, 0.05) is 32.9 Å². The highest BCUT2D eigenvalue weighted by molar-refractivity contribution is 6.76. The lowest BCUT2D eigenvalue weighted by molar-refractivity contribution is -0.116. The number of alkyl carbamates (subject to hydrolysis) is 1. The van der Waals surface area contributed by atoms with Gasteiger partial charge in [0.2, 0.25) is 5.91 Å². The Hall–Kier alpha value is -2.91. The molecule has 9 heteroatoms. The van der Waals surface area contributed by atoms with Crippen LogP contribution in [0.5, 0.6) is 0 Å². The molecule has 1 aromatic carbocycles. The first-order valence-corrected chi connectivity index (χ1v) is 16.7. The Kier molecular flexibility index (Phi) is 9.36. The van der Waals surface area contributed by atoms with E-state index >= 15 is 0 Å². The maximum absolute atomic E-state index is 12.8. The fraction of sp³-hybridized carbons (Fsp3) is 0.536. The summed E-state index contributed by atoms with van der Waals surface area (Å²) in [7, 11) is -1.24. The Morgan fingerprint density at radius 3 is 2.68 bits per heavy atom. The summed E-state index contributed by atoms with van der Waals surface area (Å²) in [6, 6.07) is 8.25. The molecule has 0 fully saturated rings. The molecule has 202 valence electrons. The summed E-state index contributed by atoms with van der Waals surface area (Å²) in [5.41, 5.74) is 1.60. The third-order valence-corrected chi connectivity index (χ3v) is 7.56. The van der Waals surface area contributed by atoms with Crippen LogP contribution in [0, 0.1) is 5.92 Å². The normalized spacial score (nSPS) is 19.5. The summed E-state index contributed by atoms with van der Waals surface area (Å²) in [5.74, 6) is 0.655. The SMILES string of the molecule is CC1/C=C/CC(NC(=O)OC(C)(C)C)c2nc(cn2COCC[Si](C)(C)C)-c2ccccc2NC(=O)C1. The number of allylic oxidation sites excluding steroid dienone is 1. The minimum Gasteiger partial charge on any atom is -0.444 e. The number of para-hydroxylation sites is 1. The highest BCUT2D eigenvalue weighted by Gasteiger charge is 2.25. The zero-order valence-electron chi connectivity index (χ0n) is 23.3. The summed E-state index contributed by atoms with van der Waals surface area (Å²) < 4.78 is 13.6. The van der Waals surface area contributed by atoms with Crippen LogP contribution in [-0.4, -0.2) is 41.8 Å². The van der Waals surface area contributed by atoms with Crippen LogP contribution < -0.4 is 10.6 Å². The van der Waals surface area contributed by atoms with Crippen LogP contribution in [0.25, 0.3) is 11.3 Å². The summed E-state index contributed by atoms with van der Waals surface area (Å²) >= 11 is 0. The molecule has 1 aromatic heterocycles. The zero-order chi connectivity index (χ0) is 27.2. The average Bonchev–Trinajstić information content (AvgIpc) is 3.18. The van der Waals surface area contributed by atoms with Gasteiger partial charge in [0.15, 0.2) is 0 Å². The van der Waals surface area contributed by atoms with E-state index in [4.69, 9.17) is 14.5 Å². The molecule has 0 spiro atoms. The molecule has 2 bridgehead atoms. The fourth-order valence-electron chi connectivity index (χ4n) is 3.99. The number of benzene rings is 1. The van der Waals surface area contributed by atoms with E-state index in [-0.39, 0.29) is 11.8 Å². The van der Waals surface area contributed by atoms with Crippen molar-refractivity contribution in [1.29, 1.82) is 0 Å². The Balaban J connectivity index is 2.02. The van der Waals surface area contributed by atoms with Gasteiger partial charge in [-0.25, -0.2) is 9.78 Å². The van der Waals surface area contributed by atoms with Gasteiger partial charge >= 0.3 is 6.09 Å². The number of nitrogens with one attached hydrogen (secondary N) is 2. The van der Waals surface area contributed by atoms with E-state index in [0.717, 1.165) is 11.6 Å². The smallest absolute Gasteiger partial charge is 0.408 e. The standard InChI is InChI=1S/C28H42N4O4Si/c1-20-11-10-14-23(31-27(34)36-28(2,3)4)26-30-24(18-32(26)19-35-15-16-37(5,6)7)21-12-8-9-13-22(21)29-25(33)17-20/h8-13,18,20,23H,14-17,19H2,1-7H3,(H,29,33)(H,31,34)/b11-10+. The molecule has 0 radical (unpaired) electrons. The second-order valence-corrected chi connectivity index (χ2v) is 17.6. The predicted octanol–water partition coefficient (Wildman–Crippen LogP) is 6.35. The molecule has 2 atom stereocenters. The van der Waals surface area contributed by atoms with Crippen molar-refractivity contribution in [1.82, 2.24) is 14.9 Å². The number of carbonyl (C=O) groups excluding carboxylic acids is 2. The molecular weight excluding hydrogens is 484 g/mol. The number of fused-ring (bicyclic) bond motifs is 4. The molecule has 2 N–H and O–H groups in total. The first-order chi connectivity index (χ1) is 17.3. The lowest BCUT2D eigenvalue weighted by atomic mass is 10.0. The second-order valence-electron chi connectivity index (χ2n) is 11.9. The molecular formula is C28H42N4O4Si. The van der Waals surface area contributed by atoms with Crippen LogP contribution in [0.15, 0.2) is 42.6 Å². The van der Waals surface area contributed by atoms with Crippen LogP contribution >= 0.6 is 0 Å². The third kappa shape index (κ3) is 9.16. The molecule has 0 saturated carbocycles. The van der Waals surface area contributed by atoms with E-state index < -0.39 is 25.8 Å². The molecule has 1 aliphatic rings. The van der Waals surface area contributed by atoms with Gasteiger partial charge in [-0.3, -0.25) is 4.79 Å². The number of ether oxygens (including phenoxy) is 2. The van der Waals surface area contributed by atoms with Gasteiger partial charge in [-0.15, -0.1) is 0 Å². The minimum absolute atomic E-state index is 0.0365. The van der Waals surface area contributed by atoms with Crippen molar-refractivity contribution < 1.29 is 19.1 Å². The van der Waals surface area contributed by atoms with Gasteiger partial charge in [-0.2, -0.15) is 0 Å². The molecule has 0 aliphatic carbocycles. The topological polar surface area (TPSA) is 94.5 Å². The van der Waals surface area contributed by atoms with Crippen molar-refractivity contribution in [2.45, 2.75) is 84.6 Å². The van der Waals surface area contributed by atoms with E-state index in [1.807, 2.05) is 74.9 Å². The lowest BCUT2D eigenvalue weighted by Gasteiger charge is -2.23. The van der Waals surface area contributed by atoms with Crippen molar-refractivity contribution in [3.05, 3.63) is 48.4 Å². The van der Waals surface area contributed by atoms with Gasteiger partial charge in [-0.1, -0.05) is 56.9 Å². The largest absolute Gasteiger partial charge is 0.444 e. The molecule has 0 saturated heterocycles. The molecule has 1 aliphatic heterocycles. The predicted molar refractivity (Wildman–Crippen MR) is 150 cm³/mol. The van der Waals surface area contributed by atoms with Gasteiger partial charge in [0.25, 0.3) is 0 Å². The minimum atomic E-state index is -1.24. The van der Waals surface area contributed by atoms with E-state index in [1.165, 1.54) is 0 Å². The zero-order valence-corrected chi connectivity index (χ0v) is 24.3. The van der Waals surface area contributed by atoms with E-state index in [0.29, 0.717) is 43.4 Å². The van der Waals surface area contributed by atoms with Crippen molar-refractivity contribution in [2.75, 3.05) is 11.9 Å². The summed E-state index contributed by atoms with van der Waals surface area (Å²) in [6.07, 6.45) is 6.28. The molecule has 2 heterocycles. The fourth-order valence-corrected chi connectivity index (χ4v) is 4.74. The first-order valence-electron chi connectivity index (χ1n) is 13.0. The summed E-state index contributed by atoms with van der Waals surface area (Å²) in [5, 5.41) is 6.06. The van der Waals surface area contributed by atoms with Crippen molar-refractivity contribution in [3.63, 3.8) is 0 Å². The quantitative estimate of drug-likeness (QED) is 0.260. The Morgan fingerprint density at radius 2 is 1.97 bits per heavy atom. The third-order valence-electron chi connectivity index (χ3n) is 5.86. The van der Waals surface area contributed by atoms with Crippen LogP contribution in [0.2, 0.25) is 25.7 Å². The second kappa shape index (κ2) is 12.1. The van der Waals surface area contributed by atoms with E-state index in [9.17, 15) is 9.59 Å². The van der Waals surface area contributed by atoms with Crippen LogP contribution in [-0.2, 0) is 21.0 Å². The average molecular weight is 527 g/mol. The van der Waals surface area contributed by atoms with Gasteiger partial charge in [0.1, 0.15) is 18.2 Å². The first kappa shape index (κ1) is 28.7. The highest BCUT2D eigenvalue weighted by Crippen LogP contribution is 2.30. The number of nitrogens with zero attached hydrogens (tertiary/aromatic N) is 2. The van der Waals surface area contributed by atoms with Crippen LogP contribution in [0.1, 0.15) is 52.4 Å². The van der Waals surface area contributed by atoms with Gasteiger partial charge in [0.05, 0.1) is 17.4 Å².